The maximum absolute atomic E-state index is 9.72. The molecule has 0 saturated heterocycles. The summed E-state index contributed by atoms with van der Waals surface area (Å²) in [7, 11) is 1.61. The molecule has 72 valence electrons. The minimum absolute atomic E-state index is 0.315. The molecule has 0 aromatic heterocycles. The molecule has 0 spiro atoms. The van der Waals surface area contributed by atoms with E-state index in [1.54, 1.807) is 7.11 Å². The summed E-state index contributed by atoms with van der Waals surface area (Å²) in [5.74, 6) is 0.315. The highest BCUT2D eigenvalue weighted by molar-refractivity contribution is 5.40. The number of aromatic hydroxyl groups is 1. The van der Waals surface area contributed by atoms with Crippen LogP contribution in [0.4, 0.5) is 0 Å². The van der Waals surface area contributed by atoms with Crippen molar-refractivity contribution in [3.63, 3.8) is 0 Å². The lowest BCUT2D eigenvalue weighted by atomic mass is 10.1. The van der Waals surface area contributed by atoms with Crippen LogP contribution in [0.1, 0.15) is 11.1 Å². The van der Waals surface area contributed by atoms with E-state index in [1.165, 1.54) is 0 Å². The third-order valence-electron chi connectivity index (χ3n) is 1.92. The number of phenolic OH excluding ortho intramolecular Hbond substituents is 1. The van der Waals surface area contributed by atoms with E-state index in [0.717, 1.165) is 11.1 Å². The van der Waals surface area contributed by atoms with Crippen molar-refractivity contribution >= 4 is 0 Å². The Hall–Kier alpha value is -1.06. The number of nitrogens with two attached hydrogens (primary N) is 1. The monoisotopic (exact) mass is 181 g/mol. The van der Waals surface area contributed by atoms with Crippen LogP contribution in [0.3, 0.4) is 0 Å². The van der Waals surface area contributed by atoms with E-state index in [0.29, 0.717) is 25.3 Å². The molecular formula is C10H15NO2. The van der Waals surface area contributed by atoms with Gasteiger partial charge in [-0.2, -0.15) is 0 Å². The van der Waals surface area contributed by atoms with Crippen molar-refractivity contribution in [1.29, 1.82) is 0 Å². The Morgan fingerprint density at radius 3 is 2.69 bits per heavy atom. The number of methoxy groups -OCH3 is 1. The van der Waals surface area contributed by atoms with Crippen molar-refractivity contribution in [2.24, 2.45) is 5.73 Å². The fraction of sp³-hybridized carbons (Fsp3) is 0.400. The second-order valence-electron chi connectivity index (χ2n) is 2.90. The van der Waals surface area contributed by atoms with Gasteiger partial charge in [-0.25, -0.2) is 0 Å². The molecule has 0 bridgehead atoms. The summed E-state index contributed by atoms with van der Waals surface area (Å²) in [6.45, 7) is 0.980. The Kier molecular flexibility index (Phi) is 3.73. The summed E-state index contributed by atoms with van der Waals surface area (Å²) in [6, 6.07) is 5.62. The quantitative estimate of drug-likeness (QED) is 0.729. The van der Waals surface area contributed by atoms with Gasteiger partial charge in [-0.3, -0.25) is 0 Å². The summed E-state index contributed by atoms with van der Waals surface area (Å²) in [4.78, 5) is 0. The van der Waals surface area contributed by atoms with E-state index in [2.05, 4.69) is 0 Å². The van der Waals surface area contributed by atoms with Gasteiger partial charge in [0.1, 0.15) is 5.75 Å². The predicted molar refractivity (Wildman–Crippen MR) is 51.6 cm³/mol. The molecule has 0 aliphatic rings. The average molecular weight is 181 g/mol. The Morgan fingerprint density at radius 2 is 2.08 bits per heavy atom. The molecule has 0 radical (unpaired) electrons. The van der Waals surface area contributed by atoms with Crippen molar-refractivity contribution in [3.05, 3.63) is 29.3 Å². The Balaban J connectivity index is 2.89. The van der Waals surface area contributed by atoms with Crippen molar-refractivity contribution in [3.8, 4) is 5.75 Å². The first kappa shape index (κ1) is 10.0. The fourth-order valence-electron chi connectivity index (χ4n) is 1.27. The largest absolute Gasteiger partial charge is 0.507 e. The molecule has 3 nitrogen and oxygen atoms in total. The smallest absolute Gasteiger partial charge is 0.124 e. The number of para-hydroxylation sites is 1. The molecule has 1 aromatic rings. The zero-order valence-electron chi connectivity index (χ0n) is 7.79. The van der Waals surface area contributed by atoms with Crippen molar-refractivity contribution in [2.75, 3.05) is 13.7 Å². The molecule has 0 atom stereocenters. The zero-order chi connectivity index (χ0) is 9.68. The highest BCUT2D eigenvalue weighted by Gasteiger charge is 2.05. The van der Waals surface area contributed by atoms with Gasteiger partial charge in [0.2, 0.25) is 0 Å². The minimum atomic E-state index is 0.315. The van der Waals surface area contributed by atoms with Crippen LogP contribution in [0, 0.1) is 0 Å². The third kappa shape index (κ3) is 2.44. The van der Waals surface area contributed by atoms with E-state index in [-0.39, 0.29) is 0 Å². The number of hydrogen-bond acceptors (Lipinski definition) is 3. The van der Waals surface area contributed by atoms with Crippen LogP contribution < -0.4 is 5.73 Å². The normalized spacial score (nSPS) is 10.3. The topological polar surface area (TPSA) is 55.5 Å². The van der Waals surface area contributed by atoms with Crippen LogP contribution in [-0.2, 0) is 17.8 Å². The van der Waals surface area contributed by atoms with Gasteiger partial charge in [-0.15, -0.1) is 0 Å². The van der Waals surface area contributed by atoms with Crippen LogP contribution in [0.2, 0.25) is 0 Å². The Labute approximate surface area is 78.1 Å². The molecule has 1 rings (SSSR count). The van der Waals surface area contributed by atoms with Crippen LogP contribution in [0.5, 0.6) is 5.75 Å². The highest BCUT2D eigenvalue weighted by atomic mass is 16.5. The van der Waals surface area contributed by atoms with Gasteiger partial charge in [0.05, 0.1) is 6.61 Å². The SMILES string of the molecule is COCc1cccc(CCN)c1O. The number of ether oxygens (including phenoxy) is 1. The summed E-state index contributed by atoms with van der Waals surface area (Å²) in [5.41, 5.74) is 7.11. The van der Waals surface area contributed by atoms with Crippen LogP contribution in [0.25, 0.3) is 0 Å². The van der Waals surface area contributed by atoms with Crippen molar-refractivity contribution < 1.29 is 9.84 Å². The molecule has 0 heterocycles. The maximum Gasteiger partial charge on any atom is 0.124 e. The molecule has 13 heavy (non-hydrogen) atoms. The van der Waals surface area contributed by atoms with Crippen molar-refractivity contribution in [1.82, 2.24) is 0 Å². The number of benzene rings is 1. The maximum atomic E-state index is 9.72. The van der Waals surface area contributed by atoms with Gasteiger partial charge >= 0.3 is 0 Å². The molecule has 3 heteroatoms. The van der Waals surface area contributed by atoms with E-state index in [1.807, 2.05) is 18.2 Å². The molecule has 0 saturated carbocycles. The van der Waals surface area contributed by atoms with Gasteiger partial charge < -0.3 is 15.6 Å². The number of hydrogen-bond donors (Lipinski definition) is 2. The molecular weight excluding hydrogens is 166 g/mol. The Morgan fingerprint density at radius 1 is 1.38 bits per heavy atom. The molecule has 1 aromatic carbocycles. The van der Waals surface area contributed by atoms with Gasteiger partial charge in [0.25, 0.3) is 0 Å². The number of rotatable bonds is 4. The van der Waals surface area contributed by atoms with Crippen LogP contribution in [0.15, 0.2) is 18.2 Å². The summed E-state index contributed by atoms with van der Waals surface area (Å²) in [5, 5.41) is 9.72. The molecule has 0 unspecified atom stereocenters. The highest BCUT2D eigenvalue weighted by Crippen LogP contribution is 2.22. The second kappa shape index (κ2) is 4.84. The zero-order valence-corrected chi connectivity index (χ0v) is 7.79. The molecule has 0 amide bonds. The van der Waals surface area contributed by atoms with E-state index < -0.39 is 0 Å². The van der Waals surface area contributed by atoms with E-state index in [9.17, 15) is 5.11 Å². The first-order valence-electron chi connectivity index (χ1n) is 4.28. The molecule has 3 N–H and O–H groups in total. The van der Waals surface area contributed by atoms with Crippen LogP contribution in [-0.4, -0.2) is 18.8 Å². The lowest BCUT2D eigenvalue weighted by Crippen LogP contribution is -2.03. The summed E-state index contributed by atoms with van der Waals surface area (Å²) in [6.07, 6.45) is 0.698. The van der Waals surface area contributed by atoms with E-state index in [4.69, 9.17) is 10.5 Å². The van der Waals surface area contributed by atoms with Gasteiger partial charge in [-0.05, 0) is 18.5 Å². The van der Waals surface area contributed by atoms with Crippen LogP contribution >= 0.6 is 0 Å². The first-order valence-corrected chi connectivity index (χ1v) is 4.28. The lowest BCUT2D eigenvalue weighted by molar-refractivity contribution is 0.182. The number of phenols is 1. The van der Waals surface area contributed by atoms with Gasteiger partial charge in [0, 0.05) is 12.7 Å². The predicted octanol–water partition coefficient (Wildman–Crippen LogP) is 1.04. The standard InChI is InChI=1S/C10H15NO2/c1-13-7-9-4-2-3-8(5-6-11)10(9)12/h2-4,12H,5-7,11H2,1H3. The Bertz CT molecular complexity index is 249. The fourth-order valence-corrected chi connectivity index (χ4v) is 1.27. The average Bonchev–Trinajstić information content (AvgIpc) is 2.13. The van der Waals surface area contributed by atoms with E-state index >= 15 is 0 Å². The van der Waals surface area contributed by atoms with Gasteiger partial charge in [-0.1, -0.05) is 18.2 Å². The first-order chi connectivity index (χ1) is 6.29. The molecule has 0 fully saturated rings. The molecule has 0 aliphatic carbocycles. The second-order valence-corrected chi connectivity index (χ2v) is 2.90. The van der Waals surface area contributed by atoms with Crippen molar-refractivity contribution in [2.45, 2.75) is 13.0 Å². The summed E-state index contributed by atoms with van der Waals surface area (Å²) < 4.78 is 4.95. The molecule has 0 aliphatic heterocycles. The third-order valence-corrected chi connectivity index (χ3v) is 1.92. The summed E-state index contributed by atoms with van der Waals surface area (Å²) >= 11 is 0. The van der Waals surface area contributed by atoms with Gasteiger partial charge in [0.15, 0.2) is 0 Å². The lowest BCUT2D eigenvalue weighted by Gasteiger charge is -2.07. The minimum Gasteiger partial charge on any atom is -0.507 e.